The van der Waals surface area contributed by atoms with Crippen molar-refractivity contribution >= 4 is 16.8 Å². The highest BCUT2D eigenvalue weighted by atomic mass is 16.1. The van der Waals surface area contributed by atoms with Crippen LogP contribution in [0, 0.1) is 0 Å². The second kappa shape index (κ2) is 6.26. The molecule has 0 aliphatic rings. The van der Waals surface area contributed by atoms with Crippen molar-refractivity contribution in [2.45, 2.75) is 19.4 Å². The largest absolute Gasteiger partial charge is 0.361 e. The lowest BCUT2D eigenvalue weighted by molar-refractivity contribution is 0.0954. The van der Waals surface area contributed by atoms with Crippen molar-refractivity contribution in [3.8, 4) is 0 Å². The van der Waals surface area contributed by atoms with Gasteiger partial charge < -0.3 is 14.9 Å². The van der Waals surface area contributed by atoms with Gasteiger partial charge in [-0.2, -0.15) is 0 Å². The minimum Gasteiger partial charge on any atom is -0.361 e. The minimum absolute atomic E-state index is 0.0225. The maximum absolute atomic E-state index is 12.2. The van der Waals surface area contributed by atoms with E-state index in [0.717, 1.165) is 30.3 Å². The summed E-state index contributed by atoms with van der Waals surface area (Å²) in [6, 6.07) is 7.72. The van der Waals surface area contributed by atoms with Gasteiger partial charge in [0.15, 0.2) is 0 Å². The second-order valence-electron chi connectivity index (χ2n) is 5.01. The summed E-state index contributed by atoms with van der Waals surface area (Å²) in [6.45, 7) is 1.62. The monoisotopic (exact) mass is 282 g/mol. The van der Waals surface area contributed by atoms with Crippen molar-refractivity contribution in [3.63, 3.8) is 0 Å². The maximum Gasteiger partial charge on any atom is 0.253 e. The number of unbranched alkanes of at least 4 members (excludes halogenated alkanes) is 1. The first kappa shape index (κ1) is 13.4. The summed E-state index contributed by atoms with van der Waals surface area (Å²) in [5.74, 6) is -0.0225. The van der Waals surface area contributed by atoms with Crippen molar-refractivity contribution in [2.75, 3.05) is 6.54 Å². The third-order valence-electron chi connectivity index (χ3n) is 3.52. The van der Waals surface area contributed by atoms with Gasteiger partial charge in [-0.1, -0.05) is 12.1 Å². The molecule has 3 aromatic rings. The number of hydrogen-bond acceptors (Lipinski definition) is 2. The summed E-state index contributed by atoms with van der Waals surface area (Å²) in [5.41, 5.74) is 1.60. The summed E-state index contributed by atoms with van der Waals surface area (Å²) < 4.78 is 2.04. The highest BCUT2D eigenvalue weighted by molar-refractivity contribution is 6.05. The number of nitrogens with zero attached hydrogens (tertiary/aromatic N) is 2. The number of benzene rings is 1. The Morgan fingerprint density at radius 3 is 3.10 bits per heavy atom. The molecule has 0 radical (unpaired) electrons. The molecular weight excluding hydrogens is 264 g/mol. The number of amides is 1. The summed E-state index contributed by atoms with van der Waals surface area (Å²) in [4.78, 5) is 19.3. The maximum atomic E-state index is 12.2. The molecule has 1 amide bonds. The Labute approximate surface area is 123 Å². The van der Waals surface area contributed by atoms with Gasteiger partial charge in [0.25, 0.3) is 5.91 Å². The Balaban J connectivity index is 1.49. The molecule has 0 fully saturated rings. The van der Waals surface area contributed by atoms with E-state index in [4.69, 9.17) is 0 Å². The van der Waals surface area contributed by atoms with E-state index in [2.05, 4.69) is 15.3 Å². The Hall–Kier alpha value is -2.56. The number of carbonyl (C=O) groups excluding carboxylic acids is 1. The second-order valence-corrected chi connectivity index (χ2v) is 5.01. The molecule has 0 atom stereocenters. The van der Waals surface area contributed by atoms with Crippen LogP contribution >= 0.6 is 0 Å². The Bertz CT molecular complexity index is 715. The van der Waals surface area contributed by atoms with Crippen LogP contribution in [0.1, 0.15) is 23.2 Å². The zero-order chi connectivity index (χ0) is 14.5. The molecule has 0 saturated heterocycles. The predicted octanol–water partition coefficient (Wildman–Crippen LogP) is 2.57. The molecule has 0 aliphatic heterocycles. The molecule has 3 rings (SSSR count). The van der Waals surface area contributed by atoms with E-state index in [-0.39, 0.29) is 5.91 Å². The highest BCUT2D eigenvalue weighted by Gasteiger charge is 2.09. The first-order chi connectivity index (χ1) is 10.3. The Kier molecular flexibility index (Phi) is 4.00. The topological polar surface area (TPSA) is 62.7 Å². The lowest BCUT2D eigenvalue weighted by Crippen LogP contribution is -2.24. The fourth-order valence-electron chi connectivity index (χ4n) is 2.41. The van der Waals surface area contributed by atoms with Crippen LogP contribution in [0.5, 0.6) is 0 Å². The number of aromatic nitrogens is 3. The van der Waals surface area contributed by atoms with Crippen molar-refractivity contribution in [3.05, 3.63) is 54.7 Å². The molecule has 0 bridgehead atoms. The molecule has 2 N–H and O–H groups in total. The zero-order valence-corrected chi connectivity index (χ0v) is 11.7. The average molecular weight is 282 g/mol. The summed E-state index contributed by atoms with van der Waals surface area (Å²) in [7, 11) is 0. The summed E-state index contributed by atoms with van der Waals surface area (Å²) in [5, 5.41) is 4.04. The molecule has 0 spiro atoms. The zero-order valence-electron chi connectivity index (χ0n) is 11.7. The molecule has 5 nitrogen and oxygen atoms in total. The lowest BCUT2D eigenvalue weighted by atomic mass is 10.1. The fourth-order valence-corrected chi connectivity index (χ4v) is 2.41. The van der Waals surface area contributed by atoms with E-state index in [1.807, 2.05) is 47.6 Å². The average Bonchev–Trinajstić information content (AvgIpc) is 3.17. The number of hydrogen-bond donors (Lipinski definition) is 2. The van der Waals surface area contributed by atoms with Gasteiger partial charge in [-0.05, 0) is 25.0 Å². The molecule has 1 aromatic carbocycles. The van der Waals surface area contributed by atoms with Gasteiger partial charge in [0.05, 0.1) is 17.4 Å². The van der Waals surface area contributed by atoms with Crippen LogP contribution in [0.2, 0.25) is 0 Å². The minimum atomic E-state index is -0.0225. The van der Waals surface area contributed by atoms with Gasteiger partial charge in [-0.15, -0.1) is 0 Å². The molecule has 2 heterocycles. The van der Waals surface area contributed by atoms with Gasteiger partial charge in [0.1, 0.15) is 0 Å². The van der Waals surface area contributed by atoms with Gasteiger partial charge in [-0.3, -0.25) is 4.79 Å². The van der Waals surface area contributed by atoms with E-state index in [0.29, 0.717) is 12.1 Å². The molecule has 0 saturated carbocycles. The Morgan fingerprint density at radius 1 is 1.29 bits per heavy atom. The van der Waals surface area contributed by atoms with E-state index in [1.165, 1.54) is 0 Å². The molecule has 108 valence electrons. The van der Waals surface area contributed by atoms with Crippen LogP contribution in [0.15, 0.2) is 49.2 Å². The Morgan fingerprint density at radius 2 is 2.24 bits per heavy atom. The number of aryl methyl sites for hydroxylation is 1. The van der Waals surface area contributed by atoms with E-state index >= 15 is 0 Å². The molecular formula is C16H18N4O. The number of fused-ring (bicyclic) bond motifs is 1. The van der Waals surface area contributed by atoms with Crippen LogP contribution in [-0.4, -0.2) is 27.0 Å². The number of rotatable bonds is 6. The first-order valence-corrected chi connectivity index (χ1v) is 7.14. The third-order valence-corrected chi connectivity index (χ3v) is 3.52. The highest BCUT2D eigenvalue weighted by Crippen LogP contribution is 2.16. The number of imidazole rings is 1. The molecule has 0 aliphatic carbocycles. The molecule has 2 aromatic heterocycles. The van der Waals surface area contributed by atoms with Crippen LogP contribution in [0.4, 0.5) is 0 Å². The normalized spacial score (nSPS) is 10.9. The molecule has 0 unspecified atom stereocenters. The van der Waals surface area contributed by atoms with Crippen molar-refractivity contribution in [2.24, 2.45) is 0 Å². The van der Waals surface area contributed by atoms with Crippen LogP contribution in [-0.2, 0) is 6.54 Å². The lowest BCUT2D eigenvalue weighted by Gasteiger charge is -2.06. The van der Waals surface area contributed by atoms with Gasteiger partial charge in [-0.25, -0.2) is 4.98 Å². The summed E-state index contributed by atoms with van der Waals surface area (Å²) >= 11 is 0. The van der Waals surface area contributed by atoms with E-state index in [1.54, 1.807) is 6.20 Å². The number of para-hydroxylation sites is 1. The smallest absolute Gasteiger partial charge is 0.253 e. The number of H-pyrrole nitrogens is 1. The van der Waals surface area contributed by atoms with E-state index < -0.39 is 0 Å². The summed E-state index contributed by atoms with van der Waals surface area (Å²) in [6.07, 6.45) is 9.36. The fraction of sp³-hybridized carbons (Fsp3) is 0.250. The van der Waals surface area contributed by atoms with Crippen molar-refractivity contribution in [1.82, 2.24) is 19.9 Å². The van der Waals surface area contributed by atoms with Crippen molar-refractivity contribution in [1.29, 1.82) is 0 Å². The van der Waals surface area contributed by atoms with Gasteiger partial charge in [0, 0.05) is 37.1 Å². The van der Waals surface area contributed by atoms with Gasteiger partial charge >= 0.3 is 0 Å². The molecule has 5 heteroatoms. The van der Waals surface area contributed by atoms with Crippen molar-refractivity contribution < 1.29 is 4.79 Å². The molecule has 21 heavy (non-hydrogen) atoms. The van der Waals surface area contributed by atoms with Crippen LogP contribution in [0.3, 0.4) is 0 Å². The standard InChI is InChI=1S/C16H18N4O/c21-16(14-5-3-4-13-6-8-18-15(13)14)19-7-1-2-10-20-11-9-17-12-20/h3-6,8-9,11-12,18H,1-2,7,10H2,(H,19,21). The SMILES string of the molecule is O=C(NCCCCn1ccnc1)c1cccc2cc[nH]c12. The van der Waals surface area contributed by atoms with E-state index in [9.17, 15) is 4.79 Å². The first-order valence-electron chi connectivity index (χ1n) is 7.14. The number of nitrogens with one attached hydrogen (secondary N) is 2. The quantitative estimate of drug-likeness (QED) is 0.683. The third kappa shape index (κ3) is 3.13. The number of aromatic amines is 1. The predicted molar refractivity (Wildman–Crippen MR) is 82.1 cm³/mol. The van der Waals surface area contributed by atoms with Crippen LogP contribution in [0.25, 0.3) is 10.9 Å². The van der Waals surface area contributed by atoms with Crippen LogP contribution < -0.4 is 5.32 Å². The van der Waals surface area contributed by atoms with Gasteiger partial charge in [0.2, 0.25) is 0 Å². The number of carbonyl (C=O) groups is 1.